The molecule has 6 aromatic rings. The van der Waals surface area contributed by atoms with Crippen LogP contribution in [-0.4, -0.2) is 61.8 Å². The molecule has 0 radical (unpaired) electrons. The molecule has 0 saturated carbocycles. The third kappa shape index (κ3) is 6.84. The number of oxazole rings is 1. The second-order valence-corrected chi connectivity index (χ2v) is 14.1. The summed E-state index contributed by atoms with van der Waals surface area (Å²) in [6.45, 7) is 10.4. The van der Waals surface area contributed by atoms with Gasteiger partial charge in [-0.2, -0.15) is 5.26 Å². The van der Waals surface area contributed by atoms with Gasteiger partial charge in [0.2, 0.25) is 5.89 Å². The summed E-state index contributed by atoms with van der Waals surface area (Å²) in [4.78, 5) is 28.1. The van der Waals surface area contributed by atoms with Gasteiger partial charge in [0.25, 0.3) is 0 Å². The molecule has 1 saturated heterocycles. The van der Waals surface area contributed by atoms with Gasteiger partial charge < -0.3 is 25.3 Å². The summed E-state index contributed by atoms with van der Waals surface area (Å²) in [5.41, 5.74) is 9.15. The molecule has 2 atom stereocenters. The van der Waals surface area contributed by atoms with E-state index >= 15 is 0 Å². The molecular weight excluding hydrogens is 654 g/mol. The number of pyridine rings is 2. The molecule has 7 rings (SSSR count). The van der Waals surface area contributed by atoms with Crippen LogP contribution in [-0.2, 0) is 17.9 Å². The largest absolute Gasteiger partial charge is 0.481 e. The van der Waals surface area contributed by atoms with E-state index in [2.05, 4.69) is 51.7 Å². The second-order valence-electron chi connectivity index (χ2n) is 14.1. The zero-order chi connectivity index (χ0) is 36.6. The fourth-order valence-corrected chi connectivity index (χ4v) is 7.07. The van der Waals surface area contributed by atoms with Crippen molar-refractivity contribution in [3.8, 4) is 28.7 Å². The molecule has 264 valence electrons. The van der Waals surface area contributed by atoms with Crippen molar-refractivity contribution >= 4 is 39.5 Å². The molecule has 4 heterocycles. The normalized spacial score (nSPS) is 16.7. The smallest absolute Gasteiger partial charge is 0.310 e. The van der Waals surface area contributed by atoms with E-state index in [9.17, 15) is 20.3 Å². The second kappa shape index (κ2) is 14.2. The van der Waals surface area contributed by atoms with E-state index in [1.54, 1.807) is 20.0 Å². The number of nitrogens with one attached hydrogen (secondary N) is 2. The number of nitrogens with zero attached hydrogens (tertiary/aromatic N) is 5. The number of aliphatic carboxylic acids is 1. The lowest BCUT2D eigenvalue weighted by molar-refractivity contribution is -0.147. The summed E-state index contributed by atoms with van der Waals surface area (Å²) >= 11 is 0. The molecule has 3 aromatic heterocycles. The maximum absolute atomic E-state index is 11.8. The average Bonchev–Trinajstić information content (AvgIpc) is 3.73. The molecule has 0 bridgehead atoms. The van der Waals surface area contributed by atoms with E-state index < -0.39 is 17.5 Å². The van der Waals surface area contributed by atoms with Gasteiger partial charge in [0.05, 0.1) is 17.1 Å². The zero-order valence-electron chi connectivity index (χ0n) is 29.7. The minimum Gasteiger partial charge on any atom is -0.481 e. The number of carboxylic acid groups (broad SMARTS) is 1. The van der Waals surface area contributed by atoms with Gasteiger partial charge in [-0.05, 0) is 110 Å². The standard InChI is InChI=1S/C41H41N7O4/c1-24(49)19-43-20-28-16-29-11-13-44-38(36(29)45-21-28)46-34-10-6-8-32(26(34)3)31-7-5-9-33(25(31)2)39-47-35-17-27(15-30(18-42)37(35)52-39)22-48-14-12-41(4,23-48)40(50)51/h5-11,13,15-17,21,24,43,49H,12,14,19-20,22-23H2,1-4H3,(H,44,46)(H,50,51)/t24-,41-/m1/s1. The van der Waals surface area contributed by atoms with E-state index in [1.165, 1.54) is 0 Å². The summed E-state index contributed by atoms with van der Waals surface area (Å²) in [5.74, 6) is 0.306. The van der Waals surface area contributed by atoms with Crippen LogP contribution in [0, 0.1) is 30.6 Å². The number of nitriles is 1. The number of carbonyl (C=O) groups is 1. The third-order valence-corrected chi connectivity index (χ3v) is 10.0. The number of benzene rings is 3. The quantitative estimate of drug-likeness (QED) is 0.109. The molecule has 1 aliphatic heterocycles. The number of aliphatic hydroxyl groups excluding tert-OH is 1. The van der Waals surface area contributed by atoms with E-state index in [-0.39, 0.29) is 0 Å². The molecule has 1 aliphatic rings. The maximum atomic E-state index is 11.8. The van der Waals surface area contributed by atoms with Crippen molar-refractivity contribution in [2.45, 2.75) is 53.3 Å². The van der Waals surface area contributed by atoms with Crippen molar-refractivity contribution in [2.75, 3.05) is 25.0 Å². The molecule has 0 unspecified atom stereocenters. The Morgan fingerprint density at radius 2 is 1.83 bits per heavy atom. The number of rotatable bonds is 11. The fraction of sp³-hybridized carbons (Fsp3) is 0.293. The van der Waals surface area contributed by atoms with Crippen molar-refractivity contribution in [1.82, 2.24) is 25.2 Å². The Morgan fingerprint density at radius 3 is 2.58 bits per heavy atom. The average molecular weight is 696 g/mol. The predicted octanol–water partition coefficient (Wildman–Crippen LogP) is 7.10. The van der Waals surface area contributed by atoms with Crippen LogP contribution < -0.4 is 10.6 Å². The van der Waals surface area contributed by atoms with Crippen molar-refractivity contribution in [3.63, 3.8) is 0 Å². The lowest BCUT2D eigenvalue weighted by atomic mass is 9.90. The van der Waals surface area contributed by atoms with Crippen LogP contribution in [0.3, 0.4) is 0 Å². The predicted molar refractivity (Wildman–Crippen MR) is 201 cm³/mol. The Bertz CT molecular complexity index is 2360. The lowest BCUT2D eigenvalue weighted by Crippen LogP contribution is -2.31. The van der Waals surface area contributed by atoms with Crippen LogP contribution in [0.4, 0.5) is 11.5 Å². The van der Waals surface area contributed by atoms with Crippen molar-refractivity contribution in [2.24, 2.45) is 5.41 Å². The van der Waals surface area contributed by atoms with Gasteiger partial charge in [-0.15, -0.1) is 0 Å². The first-order valence-electron chi connectivity index (χ1n) is 17.4. The molecule has 3 aromatic carbocycles. The molecule has 4 N–H and O–H groups in total. The van der Waals surface area contributed by atoms with Gasteiger partial charge in [0.15, 0.2) is 11.4 Å². The lowest BCUT2D eigenvalue weighted by Gasteiger charge is -2.20. The Kier molecular flexibility index (Phi) is 9.46. The zero-order valence-corrected chi connectivity index (χ0v) is 29.7. The number of aliphatic hydroxyl groups is 1. The maximum Gasteiger partial charge on any atom is 0.310 e. The van der Waals surface area contributed by atoms with Gasteiger partial charge in [-0.3, -0.25) is 14.7 Å². The highest BCUT2D eigenvalue weighted by Crippen LogP contribution is 2.38. The summed E-state index contributed by atoms with van der Waals surface area (Å²) < 4.78 is 6.28. The number of hydrogen-bond acceptors (Lipinski definition) is 10. The molecule has 1 fully saturated rings. The molecule has 52 heavy (non-hydrogen) atoms. The van der Waals surface area contributed by atoms with Gasteiger partial charge in [0.1, 0.15) is 17.1 Å². The third-order valence-electron chi connectivity index (χ3n) is 10.0. The molecule has 11 heteroatoms. The first-order chi connectivity index (χ1) is 25.0. The Hall–Kier alpha value is -5.67. The van der Waals surface area contributed by atoms with Gasteiger partial charge in [0, 0.05) is 55.2 Å². The fourth-order valence-electron chi connectivity index (χ4n) is 7.07. The topological polar surface area (TPSA) is 160 Å². The van der Waals surface area contributed by atoms with Crippen LogP contribution in [0.2, 0.25) is 0 Å². The summed E-state index contributed by atoms with van der Waals surface area (Å²) in [6.07, 6.45) is 3.77. The number of aromatic nitrogens is 3. The molecule has 0 aliphatic carbocycles. The summed E-state index contributed by atoms with van der Waals surface area (Å²) in [5, 5.41) is 37.0. The SMILES string of the molecule is Cc1c(Nc2nccc3cc(CNC[C@@H](C)O)cnc23)cccc1-c1cccc(-c2nc3cc(CN4CC[C@@](C)(C(=O)O)C4)cc(C#N)c3o2)c1C. The first-order valence-corrected chi connectivity index (χ1v) is 17.4. The number of anilines is 2. The highest BCUT2D eigenvalue weighted by atomic mass is 16.4. The summed E-state index contributed by atoms with van der Waals surface area (Å²) in [6, 6.07) is 22.2. The Labute approximate surface area is 302 Å². The molecule has 0 spiro atoms. The number of likely N-dealkylation sites (tertiary alicyclic amines) is 1. The minimum atomic E-state index is -0.785. The van der Waals surface area contributed by atoms with E-state index in [0.717, 1.165) is 55.5 Å². The van der Waals surface area contributed by atoms with Crippen molar-refractivity contribution in [3.05, 3.63) is 101 Å². The number of fused-ring (bicyclic) bond motifs is 2. The summed E-state index contributed by atoms with van der Waals surface area (Å²) in [7, 11) is 0. The monoisotopic (exact) mass is 695 g/mol. The van der Waals surface area contributed by atoms with E-state index in [0.29, 0.717) is 67.5 Å². The van der Waals surface area contributed by atoms with E-state index in [1.807, 2.05) is 55.6 Å². The van der Waals surface area contributed by atoms with Crippen molar-refractivity contribution < 1.29 is 19.4 Å². The van der Waals surface area contributed by atoms with Crippen LogP contribution in [0.15, 0.2) is 77.5 Å². The Balaban J connectivity index is 1.16. The van der Waals surface area contributed by atoms with Gasteiger partial charge in [-0.1, -0.05) is 24.3 Å². The molecule has 11 nitrogen and oxygen atoms in total. The minimum absolute atomic E-state index is 0.399. The van der Waals surface area contributed by atoms with Crippen LogP contribution >= 0.6 is 0 Å². The van der Waals surface area contributed by atoms with Crippen LogP contribution in [0.1, 0.15) is 48.1 Å². The molecule has 0 amide bonds. The van der Waals surface area contributed by atoms with Crippen LogP contribution in [0.25, 0.3) is 44.6 Å². The highest BCUT2D eigenvalue weighted by molar-refractivity contribution is 5.91. The van der Waals surface area contributed by atoms with Crippen LogP contribution in [0.5, 0.6) is 0 Å². The van der Waals surface area contributed by atoms with E-state index in [4.69, 9.17) is 14.4 Å². The highest BCUT2D eigenvalue weighted by Gasteiger charge is 2.40. The van der Waals surface area contributed by atoms with Gasteiger partial charge in [-0.25, -0.2) is 9.97 Å². The van der Waals surface area contributed by atoms with Gasteiger partial charge >= 0.3 is 5.97 Å². The number of carboxylic acids is 1. The van der Waals surface area contributed by atoms with Crippen molar-refractivity contribution in [1.29, 1.82) is 5.26 Å². The first kappa shape index (κ1) is 34.8. The number of hydrogen-bond donors (Lipinski definition) is 4. The molecular formula is C41H41N7O4. The Morgan fingerprint density at radius 1 is 1.06 bits per heavy atom.